The molecule has 0 saturated heterocycles. The van der Waals surface area contributed by atoms with Gasteiger partial charge in [-0.05, 0) is 18.2 Å². The molecule has 0 aliphatic rings. The Morgan fingerprint density at radius 1 is 1.21 bits per heavy atom. The van der Waals surface area contributed by atoms with Crippen molar-refractivity contribution in [3.8, 4) is 11.3 Å². The van der Waals surface area contributed by atoms with Gasteiger partial charge in [-0.3, -0.25) is 0 Å². The van der Waals surface area contributed by atoms with Crippen molar-refractivity contribution in [1.82, 2.24) is 14.6 Å². The summed E-state index contributed by atoms with van der Waals surface area (Å²) in [6, 6.07) is 2.81. The van der Waals surface area contributed by atoms with E-state index in [0.29, 0.717) is 22.9 Å². The van der Waals surface area contributed by atoms with Crippen LogP contribution in [0.3, 0.4) is 0 Å². The summed E-state index contributed by atoms with van der Waals surface area (Å²) in [5.74, 6) is -1.51. The quantitative estimate of drug-likeness (QED) is 0.630. The number of hydrogen-bond donors (Lipinski definition) is 1. The van der Waals surface area contributed by atoms with Crippen molar-refractivity contribution in [3.05, 3.63) is 47.3 Å². The number of hydrogen-bond acceptors (Lipinski definition) is 5. The van der Waals surface area contributed by atoms with Crippen molar-refractivity contribution in [3.63, 3.8) is 0 Å². The number of sulfone groups is 1. The molecule has 3 rings (SSSR count). The molecule has 154 valence electrons. The molecule has 0 amide bonds. The first-order valence-corrected chi connectivity index (χ1v) is 9.51. The zero-order valence-corrected chi connectivity index (χ0v) is 15.1. The molecule has 0 aliphatic heterocycles. The van der Waals surface area contributed by atoms with Crippen molar-refractivity contribution < 1.29 is 40.3 Å². The highest BCUT2D eigenvalue weighted by molar-refractivity contribution is 7.90. The molecule has 0 aliphatic carbocycles. The van der Waals surface area contributed by atoms with Gasteiger partial charge in [0.15, 0.2) is 15.5 Å². The molecule has 13 heteroatoms. The standard InChI is InChI=1S/C16H10F5N3O4S/c1-29(27,28)12-4-7(2-3-9(12)16(19,20)21)10-5-11(13(17)18)24-14(23-10)8(6-22-24)15(25)26/h2-6,13H,1H3,(H,25,26). The minimum atomic E-state index is -4.97. The SMILES string of the molecule is CS(=O)(=O)c1cc(-c2cc(C(F)F)n3ncc(C(=O)O)c3n2)ccc1C(F)(F)F. The smallest absolute Gasteiger partial charge is 0.417 e. The summed E-state index contributed by atoms with van der Waals surface area (Å²) >= 11 is 0. The van der Waals surface area contributed by atoms with Crippen LogP contribution in [0, 0.1) is 0 Å². The van der Waals surface area contributed by atoms with Crippen molar-refractivity contribution in [2.45, 2.75) is 17.5 Å². The second-order valence-electron chi connectivity index (χ2n) is 5.95. The lowest BCUT2D eigenvalue weighted by Gasteiger charge is -2.14. The lowest BCUT2D eigenvalue weighted by molar-refractivity contribution is -0.139. The lowest BCUT2D eigenvalue weighted by atomic mass is 10.1. The summed E-state index contributed by atoms with van der Waals surface area (Å²) in [6.45, 7) is 0. The molecule has 1 N–H and O–H groups in total. The van der Waals surface area contributed by atoms with Crippen molar-refractivity contribution in [2.24, 2.45) is 0 Å². The van der Waals surface area contributed by atoms with E-state index in [-0.39, 0.29) is 11.3 Å². The van der Waals surface area contributed by atoms with Crippen LogP contribution in [0.4, 0.5) is 22.0 Å². The van der Waals surface area contributed by atoms with Gasteiger partial charge in [0.1, 0.15) is 11.3 Å². The van der Waals surface area contributed by atoms with Crippen LogP contribution < -0.4 is 0 Å². The van der Waals surface area contributed by atoms with E-state index in [1.807, 2.05) is 0 Å². The van der Waals surface area contributed by atoms with Crippen LogP contribution in [-0.2, 0) is 16.0 Å². The second kappa shape index (κ2) is 6.76. The van der Waals surface area contributed by atoms with Crippen LogP contribution in [0.5, 0.6) is 0 Å². The number of nitrogens with zero attached hydrogens (tertiary/aromatic N) is 3. The highest BCUT2D eigenvalue weighted by Crippen LogP contribution is 2.37. The largest absolute Gasteiger partial charge is 0.477 e. The monoisotopic (exact) mass is 435 g/mol. The van der Waals surface area contributed by atoms with E-state index in [1.54, 1.807) is 0 Å². The van der Waals surface area contributed by atoms with Gasteiger partial charge >= 0.3 is 12.1 Å². The average Bonchev–Trinajstić information content (AvgIpc) is 3.02. The fourth-order valence-corrected chi connectivity index (χ4v) is 3.59. The fourth-order valence-electron chi connectivity index (χ4n) is 2.66. The number of carbonyl (C=O) groups is 1. The van der Waals surface area contributed by atoms with Gasteiger partial charge in [0.05, 0.1) is 22.3 Å². The van der Waals surface area contributed by atoms with E-state index in [4.69, 9.17) is 5.11 Å². The molecule has 2 heterocycles. The summed E-state index contributed by atoms with van der Waals surface area (Å²) in [5.41, 5.74) is -3.72. The third kappa shape index (κ3) is 3.77. The van der Waals surface area contributed by atoms with Crippen LogP contribution >= 0.6 is 0 Å². The third-order valence-electron chi connectivity index (χ3n) is 3.94. The van der Waals surface area contributed by atoms with Crippen molar-refractivity contribution in [1.29, 1.82) is 0 Å². The van der Waals surface area contributed by atoms with E-state index in [1.165, 1.54) is 0 Å². The molecule has 0 unspecified atom stereocenters. The molecule has 3 aromatic rings. The molecule has 7 nitrogen and oxygen atoms in total. The number of rotatable bonds is 4. The van der Waals surface area contributed by atoms with Gasteiger partial charge in [-0.1, -0.05) is 6.07 Å². The Balaban J connectivity index is 2.33. The number of alkyl halides is 5. The maximum Gasteiger partial charge on any atom is 0.417 e. The Kier molecular flexibility index (Phi) is 4.81. The van der Waals surface area contributed by atoms with Crippen LogP contribution in [-0.4, -0.2) is 40.3 Å². The molecule has 0 fully saturated rings. The number of aromatic carboxylic acids is 1. The Morgan fingerprint density at radius 3 is 2.38 bits per heavy atom. The van der Waals surface area contributed by atoms with Gasteiger partial charge in [0, 0.05) is 11.8 Å². The first kappa shape index (κ1) is 20.6. The molecule has 0 radical (unpaired) electrons. The second-order valence-corrected chi connectivity index (χ2v) is 7.93. The average molecular weight is 435 g/mol. The van der Waals surface area contributed by atoms with Crippen LogP contribution in [0.1, 0.15) is 28.0 Å². The van der Waals surface area contributed by atoms with E-state index >= 15 is 0 Å². The topological polar surface area (TPSA) is 102 Å². The fraction of sp³-hybridized carbons (Fsp3) is 0.188. The summed E-state index contributed by atoms with van der Waals surface area (Å²) in [4.78, 5) is 14.1. The first-order valence-electron chi connectivity index (χ1n) is 7.62. The summed E-state index contributed by atoms with van der Waals surface area (Å²) in [7, 11) is -4.33. The number of carboxylic acid groups (broad SMARTS) is 1. The molecule has 1 aromatic carbocycles. The summed E-state index contributed by atoms with van der Waals surface area (Å²) in [6.07, 6.45) is -6.72. The van der Waals surface area contributed by atoms with E-state index < -0.39 is 55.8 Å². The number of aromatic nitrogens is 3. The van der Waals surface area contributed by atoms with Gasteiger partial charge in [-0.2, -0.15) is 18.3 Å². The number of benzene rings is 1. The van der Waals surface area contributed by atoms with Crippen molar-refractivity contribution >= 4 is 21.5 Å². The van der Waals surface area contributed by atoms with Crippen LogP contribution in [0.2, 0.25) is 0 Å². The predicted octanol–water partition coefficient (Wildman–Crippen LogP) is 3.45. The highest BCUT2D eigenvalue weighted by Gasteiger charge is 2.36. The number of halogens is 5. The minimum Gasteiger partial charge on any atom is -0.477 e. The molecule has 0 atom stereocenters. The molecule has 2 aromatic heterocycles. The van der Waals surface area contributed by atoms with Gasteiger partial charge in [-0.15, -0.1) is 0 Å². The minimum absolute atomic E-state index is 0.222. The van der Waals surface area contributed by atoms with Gasteiger partial charge < -0.3 is 5.11 Å². The lowest BCUT2D eigenvalue weighted by Crippen LogP contribution is -2.12. The van der Waals surface area contributed by atoms with E-state index in [9.17, 15) is 35.2 Å². The van der Waals surface area contributed by atoms with Crippen molar-refractivity contribution in [2.75, 3.05) is 6.26 Å². The maximum absolute atomic E-state index is 13.4. The van der Waals surface area contributed by atoms with Gasteiger partial charge in [-0.25, -0.2) is 31.5 Å². The van der Waals surface area contributed by atoms with E-state index in [0.717, 1.165) is 18.3 Å². The van der Waals surface area contributed by atoms with Crippen LogP contribution in [0.15, 0.2) is 35.4 Å². The highest BCUT2D eigenvalue weighted by atomic mass is 32.2. The van der Waals surface area contributed by atoms with Gasteiger partial charge in [0.25, 0.3) is 6.43 Å². The summed E-state index contributed by atoms with van der Waals surface area (Å²) in [5, 5.41) is 12.7. The Morgan fingerprint density at radius 2 is 1.86 bits per heavy atom. The summed E-state index contributed by atoms with van der Waals surface area (Å²) < 4.78 is 90.5. The third-order valence-corrected chi connectivity index (χ3v) is 5.07. The first-order chi connectivity index (χ1) is 13.3. The van der Waals surface area contributed by atoms with E-state index in [2.05, 4.69) is 10.1 Å². The maximum atomic E-state index is 13.4. The number of carboxylic acids is 1. The molecule has 29 heavy (non-hydrogen) atoms. The number of fused-ring (bicyclic) bond motifs is 1. The van der Waals surface area contributed by atoms with Gasteiger partial charge in [0.2, 0.25) is 0 Å². The zero-order chi connectivity index (χ0) is 21.7. The Bertz CT molecular complexity index is 1240. The molecular formula is C16H10F5N3O4S. The normalized spacial score (nSPS) is 12.7. The molecule has 0 bridgehead atoms. The molecule has 0 spiro atoms. The predicted molar refractivity (Wildman–Crippen MR) is 88.5 cm³/mol. The molecular weight excluding hydrogens is 425 g/mol. The zero-order valence-electron chi connectivity index (χ0n) is 14.3. The Labute approximate surface area is 159 Å². The molecule has 0 saturated carbocycles. The van der Waals surface area contributed by atoms with Crippen LogP contribution in [0.25, 0.3) is 16.9 Å². The Hall–Kier alpha value is -3.09.